The van der Waals surface area contributed by atoms with Gasteiger partial charge in [0.05, 0.1) is 26.2 Å². The molecule has 2 unspecified atom stereocenters. The number of nitrogens with zero attached hydrogens (tertiary/aromatic N) is 1. The molecule has 142 valence electrons. The van der Waals surface area contributed by atoms with Crippen molar-refractivity contribution in [1.29, 1.82) is 0 Å². The average Bonchev–Trinajstić information content (AvgIpc) is 3.30. The van der Waals surface area contributed by atoms with Crippen molar-refractivity contribution in [3.8, 4) is 11.5 Å². The van der Waals surface area contributed by atoms with E-state index in [1.165, 1.54) is 0 Å². The van der Waals surface area contributed by atoms with E-state index in [0.717, 1.165) is 25.0 Å². The third kappa shape index (κ3) is 4.27. The van der Waals surface area contributed by atoms with Crippen LogP contribution in [0.2, 0.25) is 0 Å². The number of amides is 2. The first-order valence-electron chi connectivity index (χ1n) is 8.98. The first-order valence-corrected chi connectivity index (χ1v) is 8.98. The van der Waals surface area contributed by atoms with Crippen LogP contribution < -0.4 is 14.8 Å². The fourth-order valence-corrected chi connectivity index (χ4v) is 3.46. The normalized spacial score (nSPS) is 22.5. The molecular formula is C19H26N2O5. The summed E-state index contributed by atoms with van der Waals surface area (Å²) < 4.78 is 16.0. The molecule has 7 heteroatoms. The highest BCUT2D eigenvalue weighted by Crippen LogP contribution is 2.29. The van der Waals surface area contributed by atoms with Gasteiger partial charge in [-0.1, -0.05) is 6.07 Å². The van der Waals surface area contributed by atoms with Gasteiger partial charge in [0, 0.05) is 32.7 Å². The van der Waals surface area contributed by atoms with Crippen LogP contribution in [0.5, 0.6) is 11.5 Å². The Bertz CT molecular complexity index is 657. The van der Waals surface area contributed by atoms with Crippen molar-refractivity contribution in [1.82, 2.24) is 10.2 Å². The summed E-state index contributed by atoms with van der Waals surface area (Å²) in [5.74, 6) is 0.905. The SMILES string of the molecule is COc1ccc(CN2CC(C(=O)NCC3CCCO3)CC2=O)cc1OC. The number of carbonyl (C=O) groups excluding carboxylic acids is 2. The fraction of sp³-hybridized carbons (Fsp3) is 0.579. The van der Waals surface area contributed by atoms with Crippen molar-refractivity contribution in [2.75, 3.05) is 33.9 Å². The van der Waals surface area contributed by atoms with E-state index in [1.54, 1.807) is 19.1 Å². The minimum atomic E-state index is -0.302. The Hall–Kier alpha value is -2.28. The van der Waals surface area contributed by atoms with Gasteiger partial charge in [0.15, 0.2) is 11.5 Å². The second-order valence-electron chi connectivity index (χ2n) is 6.74. The van der Waals surface area contributed by atoms with Gasteiger partial charge in [-0.05, 0) is 30.5 Å². The molecule has 0 aromatic heterocycles. The molecule has 0 spiro atoms. The molecule has 1 aromatic rings. The lowest BCUT2D eigenvalue weighted by molar-refractivity contribution is -0.129. The minimum Gasteiger partial charge on any atom is -0.493 e. The highest BCUT2D eigenvalue weighted by atomic mass is 16.5. The lowest BCUT2D eigenvalue weighted by atomic mass is 10.1. The van der Waals surface area contributed by atoms with Crippen LogP contribution in [0.15, 0.2) is 18.2 Å². The van der Waals surface area contributed by atoms with E-state index in [2.05, 4.69) is 5.32 Å². The molecule has 0 saturated carbocycles. The van der Waals surface area contributed by atoms with Crippen LogP contribution in [0.1, 0.15) is 24.8 Å². The number of carbonyl (C=O) groups is 2. The molecule has 2 saturated heterocycles. The molecule has 7 nitrogen and oxygen atoms in total. The summed E-state index contributed by atoms with van der Waals surface area (Å²) in [6.07, 6.45) is 2.39. The summed E-state index contributed by atoms with van der Waals surface area (Å²) in [4.78, 5) is 26.4. The molecule has 1 aromatic carbocycles. The van der Waals surface area contributed by atoms with Crippen LogP contribution in [0.25, 0.3) is 0 Å². The number of hydrogen-bond donors (Lipinski definition) is 1. The van der Waals surface area contributed by atoms with E-state index in [-0.39, 0.29) is 30.3 Å². The van der Waals surface area contributed by atoms with Crippen LogP contribution in [-0.2, 0) is 20.9 Å². The number of likely N-dealkylation sites (tertiary alicyclic amines) is 1. The van der Waals surface area contributed by atoms with Gasteiger partial charge in [-0.3, -0.25) is 9.59 Å². The van der Waals surface area contributed by atoms with Crippen molar-refractivity contribution in [3.05, 3.63) is 23.8 Å². The summed E-state index contributed by atoms with van der Waals surface area (Å²) in [6, 6.07) is 5.58. The monoisotopic (exact) mass is 362 g/mol. The number of hydrogen-bond acceptors (Lipinski definition) is 5. The van der Waals surface area contributed by atoms with Crippen LogP contribution in [-0.4, -0.2) is 56.7 Å². The van der Waals surface area contributed by atoms with Gasteiger partial charge in [-0.25, -0.2) is 0 Å². The zero-order valence-corrected chi connectivity index (χ0v) is 15.3. The summed E-state index contributed by atoms with van der Waals surface area (Å²) in [6.45, 7) is 2.18. The van der Waals surface area contributed by atoms with Gasteiger partial charge in [0.1, 0.15) is 0 Å². The lowest BCUT2D eigenvalue weighted by Gasteiger charge is -2.18. The molecule has 26 heavy (non-hydrogen) atoms. The molecule has 1 N–H and O–H groups in total. The Morgan fingerprint density at radius 3 is 2.81 bits per heavy atom. The number of rotatable bonds is 7. The van der Waals surface area contributed by atoms with Crippen molar-refractivity contribution in [2.24, 2.45) is 5.92 Å². The fourth-order valence-electron chi connectivity index (χ4n) is 3.46. The predicted octanol–water partition coefficient (Wildman–Crippen LogP) is 1.35. The lowest BCUT2D eigenvalue weighted by Crippen LogP contribution is -2.37. The molecular weight excluding hydrogens is 336 g/mol. The largest absolute Gasteiger partial charge is 0.493 e. The first kappa shape index (κ1) is 18.5. The Morgan fingerprint density at radius 1 is 1.31 bits per heavy atom. The van der Waals surface area contributed by atoms with Crippen LogP contribution in [0.4, 0.5) is 0 Å². The molecule has 2 amide bonds. The van der Waals surface area contributed by atoms with E-state index in [9.17, 15) is 9.59 Å². The van der Waals surface area contributed by atoms with Gasteiger partial charge in [0.25, 0.3) is 0 Å². The highest BCUT2D eigenvalue weighted by Gasteiger charge is 2.34. The van der Waals surface area contributed by atoms with E-state index < -0.39 is 0 Å². The standard InChI is InChI=1S/C19H26N2O5/c1-24-16-6-5-13(8-17(16)25-2)11-21-12-14(9-18(21)22)19(23)20-10-15-4-3-7-26-15/h5-6,8,14-15H,3-4,7,9-12H2,1-2H3,(H,20,23). The average molecular weight is 362 g/mol. The number of ether oxygens (including phenoxy) is 3. The Balaban J connectivity index is 1.55. The van der Waals surface area contributed by atoms with Crippen LogP contribution >= 0.6 is 0 Å². The van der Waals surface area contributed by atoms with E-state index >= 15 is 0 Å². The quantitative estimate of drug-likeness (QED) is 0.792. The second kappa shape index (κ2) is 8.40. The van der Waals surface area contributed by atoms with Gasteiger partial charge < -0.3 is 24.4 Å². The highest BCUT2D eigenvalue weighted by molar-refractivity contribution is 5.89. The topological polar surface area (TPSA) is 77.1 Å². The Kier molecular flexibility index (Phi) is 5.98. The van der Waals surface area contributed by atoms with Crippen molar-refractivity contribution < 1.29 is 23.8 Å². The zero-order valence-electron chi connectivity index (χ0n) is 15.3. The molecule has 0 radical (unpaired) electrons. The van der Waals surface area contributed by atoms with Gasteiger partial charge in [-0.15, -0.1) is 0 Å². The summed E-state index contributed by atoms with van der Waals surface area (Å²) in [7, 11) is 3.17. The minimum absolute atomic E-state index is 0.00273. The van der Waals surface area contributed by atoms with E-state index in [0.29, 0.717) is 31.1 Å². The molecule has 3 rings (SSSR count). The van der Waals surface area contributed by atoms with Crippen molar-refractivity contribution in [2.45, 2.75) is 31.9 Å². The van der Waals surface area contributed by atoms with Gasteiger partial charge in [0.2, 0.25) is 11.8 Å². The molecule has 2 aliphatic heterocycles. The first-order chi connectivity index (χ1) is 12.6. The Morgan fingerprint density at radius 2 is 2.12 bits per heavy atom. The van der Waals surface area contributed by atoms with E-state index in [1.807, 2.05) is 18.2 Å². The summed E-state index contributed by atoms with van der Waals surface area (Å²) in [5.41, 5.74) is 0.941. The molecule has 0 bridgehead atoms. The number of methoxy groups -OCH3 is 2. The van der Waals surface area contributed by atoms with Crippen LogP contribution in [0, 0.1) is 5.92 Å². The molecule has 2 heterocycles. The maximum absolute atomic E-state index is 12.3. The van der Waals surface area contributed by atoms with Crippen molar-refractivity contribution >= 4 is 11.8 Å². The molecule has 0 aliphatic carbocycles. The second-order valence-corrected chi connectivity index (χ2v) is 6.74. The van der Waals surface area contributed by atoms with E-state index in [4.69, 9.17) is 14.2 Å². The van der Waals surface area contributed by atoms with Crippen molar-refractivity contribution in [3.63, 3.8) is 0 Å². The summed E-state index contributed by atoms with van der Waals surface area (Å²) >= 11 is 0. The third-order valence-electron chi connectivity index (χ3n) is 4.93. The predicted molar refractivity (Wildman–Crippen MR) is 95.1 cm³/mol. The smallest absolute Gasteiger partial charge is 0.225 e. The maximum atomic E-state index is 12.3. The van der Waals surface area contributed by atoms with Gasteiger partial charge in [-0.2, -0.15) is 0 Å². The maximum Gasteiger partial charge on any atom is 0.225 e. The number of nitrogens with one attached hydrogen (secondary N) is 1. The summed E-state index contributed by atoms with van der Waals surface area (Å²) in [5, 5.41) is 2.93. The molecule has 2 atom stereocenters. The van der Waals surface area contributed by atoms with Gasteiger partial charge >= 0.3 is 0 Å². The molecule has 2 fully saturated rings. The van der Waals surface area contributed by atoms with Crippen LogP contribution in [0.3, 0.4) is 0 Å². The third-order valence-corrected chi connectivity index (χ3v) is 4.93. The number of benzene rings is 1. The zero-order chi connectivity index (χ0) is 18.5. The Labute approximate surface area is 153 Å². The molecule has 2 aliphatic rings.